The highest BCUT2D eigenvalue weighted by atomic mass is 16.8. The number of hydrogen-bond acceptors (Lipinski definition) is 5. The van der Waals surface area contributed by atoms with Gasteiger partial charge in [-0.15, -0.1) is 0 Å². The summed E-state index contributed by atoms with van der Waals surface area (Å²) in [6.45, 7) is 10.7. The third kappa shape index (κ3) is 3.59. The van der Waals surface area contributed by atoms with Gasteiger partial charge >= 0.3 is 6.09 Å². The van der Waals surface area contributed by atoms with E-state index in [2.05, 4.69) is 0 Å². The average Bonchev–Trinajstić information content (AvgIpc) is 2.92. The molecule has 1 saturated carbocycles. The van der Waals surface area contributed by atoms with Crippen molar-refractivity contribution < 1.29 is 23.8 Å². The number of rotatable bonds is 1. The van der Waals surface area contributed by atoms with Crippen LogP contribution in [0.3, 0.4) is 0 Å². The molecule has 0 spiro atoms. The van der Waals surface area contributed by atoms with Crippen LogP contribution in [0.5, 0.6) is 0 Å². The van der Waals surface area contributed by atoms with Gasteiger partial charge in [0, 0.05) is 19.5 Å². The van der Waals surface area contributed by atoms with Crippen molar-refractivity contribution in [1.29, 1.82) is 0 Å². The predicted octanol–water partition coefficient (Wildman–Crippen LogP) is 2.74. The summed E-state index contributed by atoms with van der Waals surface area (Å²) in [7, 11) is 0. The van der Waals surface area contributed by atoms with Crippen LogP contribution in [0.1, 0.15) is 53.9 Å². The second-order valence-electron chi connectivity index (χ2n) is 8.68. The zero-order valence-corrected chi connectivity index (χ0v) is 15.3. The van der Waals surface area contributed by atoms with Crippen molar-refractivity contribution in [2.45, 2.75) is 77.5 Å². The number of fused-ring (bicyclic) bond motifs is 1. The number of carbonyl (C=O) groups is 2. The van der Waals surface area contributed by atoms with Crippen LogP contribution in [0.4, 0.5) is 4.79 Å². The number of hydrogen-bond donors (Lipinski definition) is 0. The molecular weight excluding hydrogens is 310 g/mol. The van der Waals surface area contributed by atoms with Crippen molar-refractivity contribution in [3.05, 3.63) is 0 Å². The van der Waals surface area contributed by atoms with Crippen LogP contribution in [0.25, 0.3) is 0 Å². The zero-order chi connectivity index (χ0) is 17.7. The van der Waals surface area contributed by atoms with Gasteiger partial charge in [0.05, 0.1) is 6.10 Å². The second-order valence-corrected chi connectivity index (χ2v) is 8.68. The van der Waals surface area contributed by atoms with E-state index in [0.29, 0.717) is 19.5 Å². The second kappa shape index (κ2) is 5.99. The Morgan fingerprint density at radius 1 is 1.29 bits per heavy atom. The molecule has 6 nitrogen and oxygen atoms in total. The fourth-order valence-electron chi connectivity index (χ4n) is 4.10. The highest BCUT2D eigenvalue weighted by Gasteiger charge is 2.55. The van der Waals surface area contributed by atoms with Gasteiger partial charge in [0.2, 0.25) is 0 Å². The molecule has 3 fully saturated rings. The maximum absolute atomic E-state index is 12.4. The summed E-state index contributed by atoms with van der Waals surface area (Å²) in [6, 6.07) is 0. The third-order valence-electron chi connectivity index (χ3n) is 5.02. The van der Waals surface area contributed by atoms with Crippen molar-refractivity contribution >= 4 is 11.9 Å². The first-order valence-corrected chi connectivity index (χ1v) is 8.92. The van der Waals surface area contributed by atoms with Crippen molar-refractivity contribution in [3.63, 3.8) is 0 Å². The summed E-state index contributed by atoms with van der Waals surface area (Å²) in [6.07, 6.45) is 1.52. The third-order valence-corrected chi connectivity index (χ3v) is 5.02. The lowest BCUT2D eigenvalue weighted by atomic mass is 9.83. The summed E-state index contributed by atoms with van der Waals surface area (Å²) >= 11 is 0. The highest BCUT2D eigenvalue weighted by Crippen LogP contribution is 2.44. The lowest BCUT2D eigenvalue weighted by Crippen LogP contribution is -2.46. The standard InChI is InChI=1S/C18H29NO5/c1-17(2,3)24-16(21)19-8-6-7-11(10-19)12-9-13(20)15-14(12)22-18(4,5)23-15/h11-12,14-15H,6-10H2,1-5H3/t11?,12-,14-,15+/m1/s1. The minimum atomic E-state index is -0.705. The number of ketones is 1. The van der Waals surface area contributed by atoms with E-state index in [0.717, 1.165) is 12.8 Å². The van der Waals surface area contributed by atoms with Gasteiger partial charge in [-0.25, -0.2) is 4.79 Å². The number of piperidine rings is 1. The average molecular weight is 339 g/mol. The molecule has 6 heteroatoms. The predicted molar refractivity (Wildman–Crippen MR) is 87.5 cm³/mol. The Bertz CT molecular complexity index is 524. The number of Topliss-reactive ketones (excluding diaryl/α,β-unsaturated/α-hetero) is 1. The Hall–Kier alpha value is -1.14. The molecule has 136 valence electrons. The van der Waals surface area contributed by atoms with Crippen molar-refractivity contribution in [3.8, 4) is 0 Å². The summed E-state index contributed by atoms with van der Waals surface area (Å²) in [5.41, 5.74) is -0.495. The number of likely N-dealkylation sites (tertiary alicyclic amines) is 1. The van der Waals surface area contributed by atoms with Gasteiger partial charge in [-0.3, -0.25) is 4.79 Å². The van der Waals surface area contributed by atoms with Crippen LogP contribution < -0.4 is 0 Å². The molecule has 0 aromatic carbocycles. The van der Waals surface area contributed by atoms with Gasteiger partial charge in [0.15, 0.2) is 11.6 Å². The lowest BCUT2D eigenvalue weighted by Gasteiger charge is -2.37. The summed E-state index contributed by atoms with van der Waals surface area (Å²) in [5, 5.41) is 0. The van der Waals surface area contributed by atoms with Crippen LogP contribution in [-0.2, 0) is 19.0 Å². The monoisotopic (exact) mass is 339 g/mol. The minimum Gasteiger partial charge on any atom is -0.444 e. The lowest BCUT2D eigenvalue weighted by molar-refractivity contribution is -0.165. The zero-order valence-electron chi connectivity index (χ0n) is 15.3. The Labute approximate surface area is 143 Å². The van der Waals surface area contributed by atoms with E-state index in [1.807, 2.05) is 34.6 Å². The molecule has 0 aromatic heterocycles. The smallest absolute Gasteiger partial charge is 0.410 e. The molecule has 0 N–H and O–H groups in total. The fraction of sp³-hybridized carbons (Fsp3) is 0.889. The van der Waals surface area contributed by atoms with Crippen LogP contribution in [0.2, 0.25) is 0 Å². The van der Waals surface area contributed by atoms with E-state index in [-0.39, 0.29) is 29.8 Å². The van der Waals surface area contributed by atoms with E-state index in [1.165, 1.54) is 0 Å². The van der Waals surface area contributed by atoms with E-state index < -0.39 is 17.5 Å². The largest absolute Gasteiger partial charge is 0.444 e. The molecule has 2 heterocycles. The Morgan fingerprint density at radius 3 is 2.67 bits per heavy atom. The molecule has 0 radical (unpaired) electrons. The molecule has 2 saturated heterocycles. The topological polar surface area (TPSA) is 65.1 Å². The normalized spacial score (nSPS) is 35.9. The number of amides is 1. The molecule has 3 rings (SSSR count). The first kappa shape index (κ1) is 17.7. The van der Waals surface area contributed by atoms with Crippen LogP contribution in [-0.4, -0.2) is 53.5 Å². The molecular formula is C18H29NO5. The maximum Gasteiger partial charge on any atom is 0.410 e. The van der Waals surface area contributed by atoms with Crippen LogP contribution >= 0.6 is 0 Å². The van der Waals surface area contributed by atoms with Gasteiger partial charge < -0.3 is 19.1 Å². The minimum absolute atomic E-state index is 0.120. The molecule has 0 bridgehead atoms. The summed E-state index contributed by atoms with van der Waals surface area (Å²) < 4.78 is 17.3. The van der Waals surface area contributed by atoms with E-state index in [9.17, 15) is 9.59 Å². The van der Waals surface area contributed by atoms with Gasteiger partial charge in [-0.05, 0) is 59.3 Å². The quantitative estimate of drug-likeness (QED) is 0.735. The SMILES string of the molecule is CC(C)(C)OC(=O)N1CCCC([C@H]2CC(=O)[C@@H]3OC(C)(C)O[C@H]23)C1. The van der Waals surface area contributed by atoms with Gasteiger partial charge in [0.1, 0.15) is 11.7 Å². The van der Waals surface area contributed by atoms with Crippen molar-refractivity contribution in [2.24, 2.45) is 11.8 Å². The Kier molecular flexibility index (Phi) is 4.41. The van der Waals surface area contributed by atoms with Crippen molar-refractivity contribution in [2.75, 3.05) is 13.1 Å². The van der Waals surface area contributed by atoms with Gasteiger partial charge in [-0.1, -0.05) is 0 Å². The number of nitrogens with zero attached hydrogens (tertiary/aromatic N) is 1. The van der Waals surface area contributed by atoms with Gasteiger partial charge in [-0.2, -0.15) is 0 Å². The molecule has 1 unspecified atom stereocenters. The fourth-order valence-corrected chi connectivity index (χ4v) is 4.10. The molecule has 1 amide bonds. The van der Waals surface area contributed by atoms with Crippen molar-refractivity contribution in [1.82, 2.24) is 4.90 Å². The molecule has 3 aliphatic rings. The summed E-state index contributed by atoms with van der Waals surface area (Å²) in [5.74, 6) is -0.203. The molecule has 1 aliphatic carbocycles. The summed E-state index contributed by atoms with van der Waals surface area (Å²) in [4.78, 5) is 26.4. The molecule has 24 heavy (non-hydrogen) atoms. The highest BCUT2D eigenvalue weighted by molar-refractivity contribution is 5.87. The van der Waals surface area contributed by atoms with E-state index >= 15 is 0 Å². The molecule has 2 aliphatic heterocycles. The van der Waals surface area contributed by atoms with Gasteiger partial charge in [0.25, 0.3) is 0 Å². The first-order chi connectivity index (χ1) is 11.1. The Morgan fingerprint density at radius 2 is 2.00 bits per heavy atom. The first-order valence-electron chi connectivity index (χ1n) is 8.92. The van der Waals surface area contributed by atoms with Crippen LogP contribution in [0, 0.1) is 11.8 Å². The maximum atomic E-state index is 12.4. The van der Waals surface area contributed by atoms with E-state index in [4.69, 9.17) is 14.2 Å². The molecule has 4 atom stereocenters. The number of carbonyl (C=O) groups excluding carboxylic acids is 2. The van der Waals surface area contributed by atoms with Crippen LogP contribution in [0.15, 0.2) is 0 Å². The molecule has 0 aromatic rings. The van der Waals surface area contributed by atoms with E-state index in [1.54, 1.807) is 4.90 Å². The Balaban J connectivity index is 1.67. The number of ether oxygens (including phenoxy) is 3.